The van der Waals surface area contributed by atoms with Gasteiger partial charge in [0, 0.05) is 19.1 Å². The lowest BCUT2D eigenvalue weighted by molar-refractivity contribution is -0.123. The first-order chi connectivity index (χ1) is 11.8. The number of hydrogen-bond acceptors (Lipinski definition) is 4. The first-order valence-electron chi connectivity index (χ1n) is 8.45. The van der Waals surface area contributed by atoms with Crippen LogP contribution < -0.4 is 20.1 Å². The van der Waals surface area contributed by atoms with Gasteiger partial charge in [0.25, 0.3) is 0 Å². The number of ether oxygens (including phenoxy) is 2. The molecule has 2 rings (SSSR count). The Morgan fingerprint density at radius 1 is 1.04 bits per heavy atom. The van der Waals surface area contributed by atoms with Crippen LogP contribution in [0.25, 0.3) is 0 Å². The van der Waals surface area contributed by atoms with Gasteiger partial charge >= 0.3 is 6.03 Å². The molecule has 1 aliphatic rings. The lowest BCUT2D eigenvalue weighted by Gasteiger charge is -2.30. The van der Waals surface area contributed by atoms with Crippen LogP contribution in [0.2, 0.25) is 0 Å². The molecule has 1 heterocycles. The third-order valence-electron chi connectivity index (χ3n) is 4.17. The van der Waals surface area contributed by atoms with Crippen molar-refractivity contribution in [2.45, 2.75) is 45.8 Å². The van der Waals surface area contributed by atoms with Gasteiger partial charge in [-0.1, -0.05) is 0 Å². The largest absolute Gasteiger partial charge is 0.493 e. The Bertz CT molecular complexity index is 645. The molecule has 0 aliphatic carbocycles. The van der Waals surface area contributed by atoms with Gasteiger partial charge in [0.15, 0.2) is 11.5 Å². The van der Waals surface area contributed by atoms with E-state index in [1.165, 1.54) is 0 Å². The van der Waals surface area contributed by atoms with Crippen molar-refractivity contribution >= 4 is 11.9 Å². The van der Waals surface area contributed by atoms with E-state index >= 15 is 0 Å². The van der Waals surface area contributed by atoms with Crippen molar-refractivity contribution in [3.8, 4) is 11.5 Å². The Morgan fingerprint density at radius 3 is 2.20 bits per heavy atom. The SMILES string of the molecule is COc1cc2c(cc1OC)CN(C(=O)NC(C)C(=O)NC(C)C)CC2. The van der Waals surface area contributed by atoms with E-state index in [4.69, 9.17) is 9.47 Å². The molecule has 1 aromatic carbocycles. The number of methoxy groups -OCH3 is 2. The van der Waals surface area contributed by atoms with E-state index in [-0.39, 0.29) is 18.0 Å². The van der Waals surface area contributed by atoms with Crippen LogP contribution in [0.5, 0.6) is 11.5 Å². The summed E-state index contributed by atoms with van der Waals surface area (Å²) in [4.78, 5) is 26.1. The minimum Gasteiger partial charge on any atom is -0.493 e. The van der Waals surface area contributed by atoms with Gasteiger partial charge in [-0.25, -0.2) is 4.79 Å². The average Bonchev–Trinajstić information content (AvgIpc) is 2.59. The van der Waals surface area contributed by atoms with E-state index in [1.54, 1.807) is 26.0 Å². The Hall–Kier alpha value is -2.44. The molecule has 0 spiro atoms. The van der Waals surface area contributed by atoms with Gasteiger partial charge in [-0.15, -0.1) is 0 Å². The maximum atomic E-state index is 12.5. The lowest BCUT2D eigenvalue weighted by atomic mass is 9.99. The molecule has 138 valence electrons. The highest BCUT2D eigenvalue weighted by Gasteiger charge is 2.25. The normalized spacial score (nSPS) is 14.6. The number of urea groups is 1. The van der Waals surface area contributed by atoms with Crippen molar-refractivity contribution in [2.24, 2.45) is 0 Å². The van der Waals surface area contributed by atoms with Crippen LogP contribution in [0, 0.1) is 0 Å². The van der Waals surface area contributed by atoms with Gasteiger partial charge in [0.1, 0.15) is 6.04 Å². The Labute approximate surface area is 148 Å². The summed E-state index contributed by atoms with van der Waals surface area (Å²) in [6, 6.07) is 3.08. The van der Waals surface area contributed by atoms with Crippen molar-refractivity contribution in [1.29, 1.82) is 0 Å². The molecule has 3 amide bonds. The molecule has 0 radical (unpaired) electrons. The summed E-state index contributed by atoms with van der Waals surface area (Å²) in [5, 5.41) is 5.55. The monoisotopic (exact) mass is 349 g/mol. The number of carbonyl (C=O) groups is 2. The fourth-order valence-corrected chi connectivity index (χ4v) is 2.81. The van der Waals surface area contributed by atoms with E-state index in [1.807, 2.05) is 26.0 Å². The predicted octanol–water partition coefficient (Wildman–Crippen LogP) is 1.68. The van der Waals surface area contributed by atoms with Gasteiger partial charge in [-0.2, -0.15) is 0 Å². The Balaban J connectivity index is 2.04. The first kappa shape index (κ1) is 18.9. The number of amides is 3. The van der Waals surface area contributed by atoms with Gasteiger partial charge in [0.05, 0.1) is 14.2 Å². The molecule has 0 aromatic heterocycles. The van der Waals surface area contributed by atoms with Crippen LogP contribution in [-0.4, -0.2) is 49.7 Å². The van der Waals surface area contributed by atoms with Gasteiger partial charge < -0.3 is 25.0 Å². The van der Waals surface area contributed by atoms with Crippen molar-refractivity contribution < 1.29 is 19.1 Å². The van der Waals surface area contributed by atoms with E-state index in [2.05, 4.69) is 10.6 Å². The first-order valence-corrected chi connectivity index (χ1v) is 8.45. The fraction of sp³-hybridized carbons (Fsp3) is 0.556. The number of fused-ring (bicyclic) bond motifs is 1. The smallest absolute Gasteiger partial charge is 0.318 e. The van der Waals surface area contributed by atoms with Gasteiger partial charge in [-0.3, -0.25) is 4.79 Å². The maximum absolute atomic E-state index is 12.5. The zero-order valence-corrected chi connectivity index (χ0v) is 15.5. The predicted molar refractivity (Wildman–Crippen MR) is 94.9 cm³/mol. The zero-order valence-electron chi connectivity index (χ0n) is 15.5. The topological polar surface area (TPSA) is 79.9 Å². The second-order valence-corrected chi connectivity index (χ2v) is 6.48. The molecule has 2 N–H and O–H groups in total. The Morgan fingerprint density at radius 2 is 1.64 bits per heavy atom. The molecule has 7 nitrogen and oxygen atoms in total. The quantitative estimate of drug-likeness (QED) is 0.848. The summed E-state index contributed by atoms with van der Waals surface area (Å²) in [6.45, 7) is 6.51. The molecule has 1 atom stereocenters. The Kier molecular flexibility index (Phi) is 6.12. The zero-order chi connectivity index (χ0) is 18.6. The highest BCUT2D eigenvalue weighted by Crippen LogP contribution is 2.33. The van der Waals surface area contributed by atoms with Crippen LogP contribution in [0.4, 0.5) is 4.79 Å². The number of nitrogens with zero attached hydrogens (tertiary/aromatic N) is 1. The second kappa shape index (κ2) is 8.09. The van der Waals surface area contributed by atoms with Crippen molar-refractivity contribution in [1.82, 2.24) is 15.5 Å². The molecule has 0 saturated heterocycles. The van der Waals surface area contributed by atoms with E-state index in [0.29, 0.717) is 24.6 Å². The molecule has 1 unspecified atom stereocenters. The van der Waals surface area contributed by atoms with Crippen molar-refractivity contribution in [3.05, 3.63) is 23.3 Å². The summed E-state index contributed by atoms with van der Waals surface area (Å²) in [5.41, 5.74) is 2.17. The minimum absolute atomic E-state index is 0.0381. The summed E-state index contributed by atoms with van der Waals surface area (Å²) >= 11 is 0. The number of nitrogens with one attached hydrogen (secondary N) is 2. The summed E-state index contributed by atoms with van der Waals surface area (Å²) in [6.07, 6.45) is 0.732. The molecular weight excluding hydrogens is 322 g/mol. The highest BCUT2D eigenvalue weighted by molar-refractivity contribution is 5.86. The lowest BCUT2D eigenvalue weighted by Crippen LogP contribution is -2.51. The molecule has 1 aliphatic heterocycles. The van der Waals surface area contributed by atoms with E-state index in [9.17, 15) is 9.59 Å². The number of carbonyl (C=O) groups excluding carboxylic acids is 2. The molecule has 1 aromatic rings. The molecule has 7 heteroatoms. The number of hydrogen-bond donors (Lipinski definition) is 2. The maximum Gasteiger partial charge on any atom is 0.318 e. The standard InChI is InChI=1S/C18H27N3O4/c1-11(2)19-17(22)12(3)20-18(23)21-7-6-13-8-15(24-4)16(25-5)9-14(13)10-21/h8-9,11-12H,6-7,10H2,1-5H3,(H,19,22)(H,20,23). The summed E-state index contributed by atoms with van der Waals surface area (Å²) < 4.78 is 10.7. The van der Waals surface area contributed by atoms with Crippen molar-refractivity contribution in [3.63, 3.8) is 0 Å². The van der Waals surface area contributed by atoms with Crippen LogP contribution >= 0.6 is 0 Å². The van der Waals surface area contributed by atoms with Crippen LogP contribution in [0.3, 0.4) is 0 Å². The summed E-state index contributed by atoms with van der Waals surface area (Å²) in [7, 11) is 3.20. The second-order valence-electron chi connectivity index (χ2n) is 6.48. The van der Waals surface area contributed by atoms with Crippen LogP contribution in [-0.2, 0) is 17.8 Å². The van der Waals surface area contributed by atoms with Gasteiger partial charge in [-0.05, 0) is 50.5 Å². The van der Waals surface area contributed by atoms with E-state index < -0.39 is 6.04 Å². The van der Waals surface area contributed by atoms with Crippen LogP contribution in [0.15, 0.2) is 12.1 Å². The van der Waals surface area contributed by atoms with E-state index in [0.717, 1.165) is 17.5 Å². The minimum atomic E-state index is -0.582. The summed E-state index contributed by atoms with van der Waals surface area (Å²) in [5.74, 6) is 1.15. The van der Waals surface area contributed by atoms with Crippen LogP contribution in [0.1, 0.15) is 31.9 Å². The molecular formula is C18H27N3O4. The van der Waals surface area contributed by atoms with Crippen molar-refractivity contribution in [2.75, 3.05) is 20.8 Å². The highest BCUT2D eigenvalue weighted by atomic mass is 16.5. The number of rotatable bonds is 5. The molecule has 0 fully saturated rings. The van der Waals surface area contributed by atoms with Gasteiger partial charge in [0.2, 0.25) is 5.91 Å². The fourth-order valence-electron chi connectivity index (χ4n) is 2.81. The molecule has 25 heavy (non-hydrogen) atoms. The number of benzene rings is 1. The third-order valence-corrected chi connectivity index (χ3v) is 4.17. The molecule has 0 saturated carbocycles. The average molecular weight is 349 g/mol. The molecule has 0 bridgehead atoms. The third kappa shape index (κ3) is 4.55.